The fourth-order valence-electron chi connectivity index (χ4n) is 1.66. The Bertz CT molecular complexity index is 164. The van der Waals surface area contributed by atoms with Crippen LogP contribution in [0.1, 0.15) is 39.0 Å². The molecule has 0 aromatic rings. The van der Waals surface area contributed by atoms with Crippen LogP contribution in [0, 0.1) is 0 Å². The van der Waals surface area contributed by atoms with Crippen LogP contribution in [0.3, 0.4) is 0 Å². The lowest BCUT2D eigenvalue weighted by Gasteiger charge is -2.21. The second-order valence-electron chi connectivity index (χ2n) is 3.65. The van der Waals surface area contributed by atoms with E-state index in [2.05, 4.69) is 36.5 Å². The molecule has 1 aliphatic heterocycles. The summed E-state index contributed by atoms with van der Waals surface area (Å²) in [5.41, 5.74) is 0. The fourth-order valence-corrected chi connectivity index (χ4v) is 1.66. The molecule has 0 radical (unpaired) electrons. The summed E-state index contributed by atoms with van der Waals surface area (Å²) in [6.07, 6.45) is 15.2. The molecule has 1 N–H and O–H groups in total. The highest BCUT2D eigenvalue weighted by Gasteiger charge is 2.09. The first kappa shape index (κ1) is 10.5. The Morgan fingerprint density at radius 2 is 2.08 bits per heavy atom. The molecule has 0 aliphatic carbocycles. The molecule has 1 fully saturated rings. The standard InChI is InChI=1S/C12H21N/c1-2-3-4-5-6-9-12-10-7-8-11-13-12/h3-6,12-13H,2,7-11H2,1H3/b4-3-,6-5-/t12-/m0/s1. The second kappa shape index (κ2) is 6.90. The van der Waals surface area contributed by atoms with Gasteiger partial charge in [0.25, 0.3) is 0 Å². The Morgan fingerprint density at radius 3 is 2.77 bits per heavy atom. The number of rotatable bonds is 4. The molecule has 0 aromatic carbocycles. The SMILES string of the molecule is CC/C=C\C=C/C[C@H]1CCCCN1. The lowest BCUT2D eigenvalue weighted by molar-refractivity contribution is 0.404. The summed E-state index contributed by atoms with van der Waals surface area (Å²) in [4.78, 5) is 0. The minimum Gasteiger partial charge on any atom is -0.314 e. The van der Waals surface area contributed by atoms with Crippen molar-refractivity contribution < 1.29 is 0 Å². The third kappa shape index (κ3) is 4.89. The molecule has 1 saturated heterocycles. The number of allylic oxidation sites excluding steroid dienone is 3. The summed E-state index contributed by atoms with van der Waals surface area (Å²) in [6.45, 7) is 3.37. The topological polar surface area (TPSA) is 12.0 Å². The first-order valence-electron chi connectivity index (χ1n) is 5.48. The maximum absolute atomic E-state index is 3.53. The number of piperidine rings is 1. The van der Waals surface area contributed by atoms with Gasteiger partial charge >= 0.3 is 0 Å². The van der Waals surface area contributed by atoms with Crippen molar-refractivity contribution in [2.24, 2.45) is 0 Å². The van der Waals surface area contributed by atoms with Gasteiger partial charge in [-0.25, -0.2) is 0 Å². The average Bonchev–Trinajstić information content (AvgIpc) is 2.19. The maximum Gasteiger partial charge on any atom is 0.0102 e. The number of hydrogen-bond acceptors (Lipinski definition) is 1. The molecule has 1 aliphatic rings. The maximum atomic E-state index is 3.53. The Balaban J connectivity index is 2.09. The second-order valence-corrected chi connectivity index (χ2v) is 3.65. The molecule has 1 heteroatoms. The highest BCUT2D eigenvalue weighted by Crippen LogP contribution is 2.10. The van der Waals surface area contributed by atoms with Gasteiger partial charge in [0.15, 0.2) is 0 Å². The van der Waals surface area contributed by atoms with Crippen molar-refractivity contribution in [3.63, 3.8) is 0 Å². The molecular weight excluding hydrogens is 158 g/mol. The first-order valence-corrected chi connectivity index (χ1v) is 5.48. The lowest BCUT2D eigenvalue weighted by Crippen LogP contribution is -2.33. The van der Waals surface area contributed by atoms with Gasteiger partial charge in [-0.05, 0) is 32.2 Å². The van der Waals surface area contributed by atoms with E-state index in [9.17, 15) is 0 Å². The Kier molecular flexibility index (Phi) is 5.59. The van der Waals surface area contributed by atoms with E-state index in [1.807, 2.05) is 0 Å². The number of nitrogens with one attached hydrogen (secondary N) is 1. The van der Waals surface area contributed by atoms with Crippen LogP contribution in [0.25, 0.3) is 0 Å². The summed E-state index contributed by atoms with van der Waals surface area (Å²) in [5, 5.41) is 3.53. The summed E-state index contributed by atoms with van der Waals surface area (Å²) in [7, 11) is 0. The zero-order valence-electron chi connectivity index (χ0n) is 8.63. The van der Waals surface area contributed by atoms with Gasteiger partial charge < -0.3 is 5.32 Å². The van der Waals surface area contributed by atoms with Gasteiger partial charge in [0.1, 0.15) is 0 Å². The van der Waals surface area contributed by atoms with E-state index in [4.69, 9.17) is 0 Å². The Morgan fingerprint density at radius 1 is 1.23 bits per heavy atom. The van der Waals surface area contributed by atoms with Gasteiger partial charge in [0.05, 0.1) is 0 Å². The summed E-state index contributed by atoms with van der Waals surface area (Å²) in [5.74, 6) is 0. The van der Waals surface area contributed by atoms with Crippen molar-refractivity contribution >= 4 is 0 Å². The Hall–Kier alpha value is -0.560. The highest BCUT2D eigenvalue weighted by molar-refractivity contribution is 5.03. The van der Waals surface area contributed by atoms with Crippen LogP contribution in [-0.4, -0.2) is 12.6 Å². The molecule has 0 saturated carbocycles. The molecule has 0 aromatic heterocycles. The van der Waals surface area contributed by atoms with E-state index in [1.165, 1.54) is 32.2 Å². The zero-order chi connectivity index (χ0) is 9.36. The van der Waals surface area contributed by atoms with Gasteiger partial charge in [0, 0.05) is 6.04 Å². The first-order chi connectivity index (χ1) is 6.43. The summed E-state index contributed by atoms with van der Waals surface area (Å²) in [6, 6.07) is 0.736. The predicted octanol–water partition coefficient (Wildman–Crippen LogP) is 3.04. The predicted molar refractivity (Wildman–Crippen MR) is 58.8 cm³/mol. The van der Waals surface area contributed by atoms with Gasteiger partial charge in [-0.15, -0.1) is 0 Å². The van der Waals surface area contributed by atoms with E-state index in [-0.39, 0.29) is 0 Å². The third-order valence-electron chi connectivity index (χ3n) is 2.45. The van der Waals surface area contributed by atoms with Crippen LogP contribution in [0.2, 0.25) is 0 Å². The smallest absolute Gasteiger partial charge is 0.0102 e. The molecule has 1 heterocycles. The molecule has 1 rings (SSSR count). The van der Waals surface area contributed by atoms with Crippen molar-refractivity contribution in [3.8, 4) is 0 Å². The molecule has 0 spiro atoms. The van der Waals surface area contributed by atoms with Gasteiger partial charge in [-0.1, -0.05) is 37.6 Å². The van der Waals surface area contributed by atoms with Crippen LogP contribution < -0.4 is 5.32 Å². The minimum absolute atomic E-state index is 0.736. The molecule has 0 amide bonds. The van der Waals surface area contributed by atoms with Crippen molar-refractivity contribution in [1.82, 2.24) is 5.32 Å². The van der Waals surface area contributed by atoms with Crippen LogP contribution >= 0.6 is 0 Å². The van der Waals surface area contributed by atoms with E-state index >= 15 is 0 Å². The van der Waals surface area contributed by atoms with Crippen molar-refractivity contribution in [2.75, 3.05) is 6.54 Å². The lowest BCUT2D eigenvalue weighted by atomic mass is 10.0. The van der Waals surface area contributed by atoms with Crippen LogP contribution in [-0.2, 0) is 0 Å². The van der Waals surface area contributed by atoms with Gasteiger partial charge in [-0.3, -0.25) is 0 Å². The average molecular weight is 179 g/mol. The molecule has 74 valence electrons. The third-order valence-corrected chi connectivity index (χ3v) is 2.45. The molecule has 1 nitrogen and oxygen atoms in total. The molecule has 1 atom stereocenters. The summed E-state index contributed by atoms with van der Waals surface area (Å²) < 4.78 is 0. The molecular formula is C12H21N. The molecule has 0 bridgehead atoms. The van der Waals surface area contributed by atoms with Crippen molar-refractivity contribution in [3.05, 3.63) is 24.3 Å². The monoisotopic (exact) mass is 179 g/mol. The van der Waals surface area contributed by atoms with E-state index in [0.29, 0.717) is 0 Å². The number of hydrogen-bond donors (Lipinski definition) is 1. The van der Waals surface area contributed by atoms with Crippen molar-refractivity contribution in [1.29, 1.82) is 0 Å². The quantitative estimate of drug-likeness (QED) is 0.654. The summed E-state index contributed by atoms with van der Waals surface area (Å²) >= 11 is 0. The van der Waals surface area contributed by atoms with E-state index < -0.39 is 0 Å². The van der Waals surface area contributed by atoms with Gasteiger partial charge in [-0.2, -0.15) is 0 Å². The Labute approximate surface area is 81.9 Å². The van der Waals surface area contributed by atoms with Crippen LogP contribution in [0.15, 0.2) is 24.3 Å². The van der Waals surface area contributed by atoms with Crippen molar-refractivity contribution in [2.45, 2.75) is 45.1 Å². The van der Waals surface area contributed by atoms with E-state index in [1.54, 1.807) is 0 Å². The van der Waals surface area contributed by atoms with Crippen LogP contribution in [0.5, 0.6) is 0 Å². The van der Waals surface area contributed by atoms with Gasteiger partial charge in [0.2, 0.25) is 0 Å². The largest absolute Gasteiger partial charge is 0.314 e. The highest BCUT2D eigenvalue weighted by atomic mass is 14.9. The van der Waals surface area contributed by atoms with E-state index in [0.717, 1.165) is 12.5 Å². The minimum atomic E-state index is 0.736. The molecule has 13 heavy (non-hydrogen) atoms. The zero-order valence-corrected chi connectivity index (χ0v) is 8.63. The fraction of sp³-hybridized carbons (Fsp3) is 0.667. The van der Waals surface area contributed by atoms with Crippen LogP contribution in [0.4, 0.5) is 0 Å². The normalized spacial score (nSPS) is 24.5. The molecule has 0 unspecified atom stereocenters.